The SMILES string of the molecule is C/C=C/OC(C)C1CS1=O. The third-order valence-corrected chi connectivity index (χ3v) is 2.99. The largest absolute Gasteiger partial charge is 0.497 e. The maximum Gasteiger partial charge on any atom is 0.110 e. The maximum absolute atomic E-state index is 10.7. The summed E-state index contributed by atoms with van der Waals surface area (Å²) in [6.07, 6.45) is 3.61. The molecule has 0 spiro atoms. The Labute approximate surface area is 63.7 Å². The summed E-state index contributed by atoms with van der Waals surface area (Å²) in [5.41, 5.74) is 0. The summed E-state index contributed by atoms with van der Waals surface area (Å²) in [5, 5.41) is 0.288. The Morgan fingerprint density at radius 2 is 2.40 bits per heavy atom. The first-order valence-corrected chi connectivity index (χ1v) is 4.77. The molecular formula is C7H12O2S. The third-order valence-electron chi connectivity index (χ3n) is 1.50. The van der Waals surface area contributed by atoms with Crippen molar-refractivity contribution in [2.45, 2.75) is 25.2 Å². The minimum Gasteiger partial charge on any atom is -0.497 e. The van der Waals surface area contributed by atoms with Gasteiger partial charge < -0.3 is 4.74 Å². The van der Waals surface area contributed by atoms with Crippen LogP contribution in [-0.2, 0) is 15.5 Å². The Bertz CT molecular complexity index is 165. The first-order valence-electron chi connectivity index (χ1n) is 3.39. The molecule has 1 heterocycles. The highest BCUT2D eigenvalue weighted by Gasteiger charge is 2.38. The van der Waals surface area contributed by atoms with Crippen LogP contribution < -0.4 is 0 Å². The molecule has 0 bridgehead atoms. The maximum atomic E-state index is 10.7. The van der Waals surface area contributed by atoms with Crippen LogP contribution in [0.25, 0.3) is 0 Å². The highest BCUT2D eigenvalue weighted by molar-refractivity contribution is 7.93. The van der Waals surface area contributed by atoms with E-state index in [1.165, 1.54) is 0 Å². The molecule has 0 amide bonds. The van der Waals surface area contributed by atoms with E-state index < -0.39 is 10.8 Å². The summed E-state index contributed by atoms with van der Waals surface area (Å²) in [6, 6.07) is 0. The molecule has 2 nitrogen and oxygen atoms in total. The summed E-state index contributed by atoms with van der Waals surface area (Å²) < 4.78 is 15.9. The van der Waals surface area contributed by atoms with Crippen LogP contribution in [0, 0.1) is 0 Å². The van der Waals surface area contributed by atoms with Crippen LogP contribution in [0.1, 0.15) is 13.8 Å². The predicted molar refractivity (Wildman–Crippen MR) is 42.2 cm³/mol. The Hall–Kier alpha value is -0.310. The van der Waals surface area contributed by atoms with E-state index in [2.05, 4.69) is 0 Å². The van der Waals surface area contributed by atoms with Crippen molar-refractivity contribution in [3.63, 3.8) is 0 Å². The Morgan fingerprint density at radius 1 is 1.80 bits per heavy atom. The van der Waals surface area contributed by atoms with Crippen molar-refractivity contribution in [1.29, 1.82) is 0 Å². The zero-order chi connectivity index (χ0) is 7.56. The zero-order valence-corrected chi connectivity index (χ0v) is 7.06. The van der Waals surface area contributed by atoms with Crippen LogP contribution in [0.4, 0.5) is 0 Å². The van der Waals surface area contributed by atoms with Gasteiger partial charge in [0.2, 0.25) is 0 Å². The van der Waals surface area contributed by atoms with Gasteiger partial charge in [0.05, 0.1) is 11.5 Å². The van der Waals surface area contributed by atoms with E-state index in [4.69, 9.17) is 4.74 Å². The molecule has 1 aliphatic rings. The van der Waals surface area contributed by atoms with Crippen LogP contribution in [0.15, 0.2) is 12.3 Å². The molecule has 0 aromatic carbocycles. The number of hydrogen-bond donors (Lipinski definition) is 0. The lowest BCUT2D eigenvalue weighted by atomic mass is 10.3. The average Bonchev–Trinajstić information content (AvgIpc) is 2.62. The molecule has 1 rings (SSSR count). The Kier molecular flexibility index (Phi) is 2.49. The molecule has 58 valence electrons. The second kappa shape index (κ2) is 3.19. The normalized spacial score (nSPS) is 34.2. The Morgan fingerprint density at radius 3 is 2.80 bits per heavy atom. The first-order chi connectivity index (χ1) is 4.75. The smallest absolute Gasteiger partial charge is 0.110 e. The van der Waals surface area contributed by atoms with E-state index in [9.17, 15) is 4.21 Å². The van der Waals surface area contributed by atoms with Gasteiger partial charge in [0.15, 0.2) is 0 Å². The fourth-order valence-electron chi connectivity index (χ4n) is 0.762. The number of ether oxygens (including phenoxy) is 1. The molecule has 0 aliphatic carbocycles. The molecule has 0 aromatic heterocycles. The molecule has 1 aliphatic heterocycles. The quantitative estimate of drug-likeness (QED) is 0.456. The average molecular weight is 160 g/mol. The van der Waals surface area contributed by atoms with E-state index in [1.807, 2.05) is 19.9 Å². The van der Waals surface area contributed by atoms with Gasteiger partial charge in [0.1, 0.15) is 6.10 Å². The van der Waals surface area contributed by atoms with Crippen LogP contribution in [0.3, 0.4) is 0 Å². The van der Waals surface area contributed by atoms with Crippen LogP contribution >= 0.6 is 0 Å². The lowest BCUT2D eigenvalue weighted by Crippen LogP contribution is -2.12. The van der Waals surface area contributed by atoms with Gasteiger partial charge in [-0.15, -0.1) is 0 Å². The van der Waals surface area contributed by atoms with Crippen LogP contribution in [0.2, 0.25) is 0 Å². The summed E-state index contributed by atoms with van der Waals surface area (Å²) in [5.74, 6) is 0.818. The van der Waals surface area contributed by atoms with Gasteiger partial charge in [-0.1, -0.05) is 6.08 Å². The molecule has 3 unspecified atom stereocenters. The minimum absolute atomic E-state index is 0.122. The van der Waals surface area contributed by atoms with E-state index in [0.29, 0.717) is 0 Å². The van der Waals surface area contributed by atoms with E-state index in [1.54, 1.807) is 6.26 Å². The Balaban J connectivity index is 2.22. The molecule has 0 aromatic rings. The highest BCUT2D eigenvalue weighted by Crippen LogP contribution is 2.21. The van der Waals surface area contributed by atoms with Crippen molar-refractivity contribution in [2.24, 2.45) is 0 Å². The fourth-order valence-corrected chi connectivity index (χ4v) is 1.94. The second-order valence-corrected chi connectivity index (χ2v) is 4.10. The third kappa shape index (κ3) is 1.84. The molecule has 1 fully saturated rings. The highest BCUT2D eigenvalue weighted by atomic mass is 32.2. The van der Waals surface area contributed by atoms with Gasteiger partial charge in [-0.05, 0) is 13.8 Å². The van der Waals surface area contributed by atoms with Crippen molar-refractivity contribution < 1.29 is 8.95 Å². The van der Waals surface area contributed by atoms with Gasteiger partial charge in [-0.25, -0.2) is 0 Å². The minimum atomic E-state index is -0.591. The van der Waals surface area contributed by atoms with Crippen molar-refractivity contribution in [3.8, 4) is 0 Å². The monoisotopic (exact) mass is 160 g/mol. The van der Waals surface area contributed by atoms with Gasteiger partial charge >= 0.3 is 0 Å². The second-order valence-electron chi connectivity index (χ2n) is 2.40. The number of hydrogen-bond acceptors (Lipinski definition) is 2. The van der Waals surface area contributed by atoms with E-state index in [0.717, 1.165) is 5.75 Å². The van der Waals surface area contributed by atoms with E-state index >= 15 is 0 Å². The molecule has 0 N–H and O–H groups in total. The van der Waals surface area contributed by atoms with Crippen LogP contribution in [0.5, 0.6) is 0 Å². The molecular weight excluding hydrogens is 148 g/mol. The van der Waals surface area contributed by atoms with Crippen molar-refractivity contribution >= 4 is 10.8 Å². The lowest BCUT2D eigenvalue weighted by Gasteiger charge is -2.06. The van der Waals surface area contributed by atoms with Gasteiger partial charge in [0.25, 0.3) is 0 Å². The van der Waals surface area contributed by atoms with Crippen LogP contribution in [-0.4, -0.2) is 21.3 Å². The number of allylic oxidation sites excluding steroid dienone is 1. The molecule has 3 heteroatoms. The van der Waals surface area contributed by atoms with Gasteiger partial charge in [0, 0.05) is 16.6 Å². The summed E-state index contributed by atoms with van der Waals surface area (Å²) >= 11 is 0. The van der Waals surface area contributed by atoms with E-state index in [-0.39, 0.29) is 11.4 Å². The van der Waals surface area contributed by atoms with Gasteiger partial charge in [-0.3, -0.25) is 4.21 Å². The molecule has 3 atom stereocenters. The molecule has 1 saturated heterocycles. The topological polar surface area (TPSA) is 26.3 Å². The standard InChI is InChI=1S/C7H12O2S/c1-3-4-9-6(2)7-5-10(7)8/h3-4,6-7H,5H2,1-2H3/b4-3+. The lowest BCUT2D eigenvalue weighted by molar-refractivity contribution is 0.169. The summed E-state index contributed by atoms with van der Waals surface area (Å²) in [4.78, 5) is 0. The van der Waals surface area contributed by atoms with Crippen molar-refractivity contribution in [1.82, 2.24) is 0 Å². The molecule has 0 radical (unpaired) electrons. The molecule has 10 heavy (non-hydrogen) atoms. The van der Waals surface area contributed by atoms with Crippen molar-refractivity contribution in [3.05, 3.63) is 12.3 Å². The summed E-state index contributed by atoms with van der Waals surface area (Å²) in [6.45, 7) is 3.85. The predicted octanol–water partition coefficient (Wildman–Crippen LogP) is 1.06. The zero-order valence-electron chi connectivity index (χ0n) is 6.24. The summed E-state index contributed by atoms with van der Waals surface area (Å²) in [7, 11) is -0.591. The first kappa shape index (κ1) is 7.79. The van der Waals surface area contributed by atoms with Gasteiger partial charge in [-0.2, -0.15) is 0 Å². The molecule has 0 saturated carbocycles. The van der Waals surface area contributed by atoms with Crippen molar-refractivity contribution in [2.75, 3.05) is 5.75 Å². The number of rotatable bonds is 3. The fraction of sp³-hybridized carbons (Fsp3) is 0.714.